The number of hydrogen-bond acceptors (Lipinski definition) is 2. The van der Waals surface area contributed by atoms with Crippen molar-refractivity contribution < 1.29 is 13.5 Å². The smallest absolute Gasteiger partial charge is 0.162 e. The third-order valence-electron chi connectivity index (χ3n) is 2.38. The van der Waals surface area contributed by atoms with E-state index in [1.54, 1.807) is 18.2 Å². The van der Waals surface area contributed by atoms with Gasteiger partial charge in [0.1, 0.15) is 11.5 Å². The first-order valence-electron chi connectivity index (χ1n) is 5.22. The molecule has 0 heterocycles. The lowest BCUT2D eigenvalue weighted by molar-refractivity contribution is 0.457. The molecule has 2 aromatic rings. The fraction of sp³-hybridized carbons (Fsp3) is 0.0769. The van der Waals surface area contributed by atoms with Gasteiger partial charge in [0.25, 0.3) is 0 Å². The van der Waals surface area contributed by atoms with Crippen molar-refractivity contribution >= 4 is 11.6 Å². The van der Waals surface area contributed by atoms with Crippen LogP contribution in [-0.2, 0) is 6.54 Å². The van der Waals surface area contributed by atoms with Crippen molar-refractivity contribution in [1.82, 2.24) is 0 Å². The van der Waals surface area contributed by atoms with E-state index in [2.05, 4.69) is 0 Å². The number of rotatable bonds is 3. The number of nitrogens with two attached hydrogens (primary N) is 1. The molecule has 18 heavy (non-hydrogen) atoms. The molecule has 2 aromatic carbocycles. The standard InChI is InChI=1S/C13H10ClF2NO/c14-10-3-1-2-8(7-17)13(10)18-9-4-5-11(15)12(16)6-9/h1-6H,7,17H2. The summed E-state index contributed by atoms with van der Waals surface area (Å²) < 4.78 is 31.3. The van der Waals surface area contributed by atoms with E-state index in [9.17, 15) is 8.78 Å². The van der Waals surface area contributed by atoms with E-state index in [4.69, 9.17) is 22.1 Å². The predicted octanol–water partition coefficient (Wildman–Crippen LogP) is 3.87. The van der Waals surface area contributed by atoms with Crippen molar-refractivity contribution in [3.63, 3.8) is 0 Å². The molecule has 0 atom stereocenters. The fourth-order valence-electron chi connectivity index (χ4n) is 1.49. The number of hydrogen-bond donors (Lipinski definition) is 1. The Balaban J connectivity index is 2.36. The molecule has 0 radical (unpaired) electrons. The molecule has 5 heteroatoms. The van der Waals surface area contributed by atoms with Gasteiger partial charge >= 0.3 is 0 Å². The average Bonchev–Trinajstić information content (AvgIpc) is 2.36. The summed E-state index contributed by atoms with van der Waals surface area (Å²) in [5, 5.41) is 0.364. The molecule has 0 aliphatic rings. The van der Waals surface area contributed by atoms with E-state index in [1.165, 1.54) is 6.07 Å². The largest absolute Gasteiger partial charge is 0.455 e. The Hall–Kier alpha value is -1.65. The Bertz CT molecular complexity index is 575. The Morgan fingerprint density at radius 3 is 2.56 bits per heavy atom. The molecule has 0 amide bonds. The van der Waals surface area contributed by atoms with E-state index >= 15 is 0 Å². The summed E-state index contributed by atoms with van der Waals surface area (Å²) in [6.07, 6.45) is 0. The van der Waals surface area contributed by atoms with Crippen molar-refractivity contribution in [3.05, 3.63) is 58.6 Å². The van der Waals surface area contributed by atoms with Gasteiger partial charge in [-0.05, 0) is 18.2 Å². The molecule has 0 saturated heterocycles. The summed E-state index contributed by atoms with van der Waals surface area (Å²) in [6.45, 7) is 0.236. The Kier molecular flexibility index (Phi) is 3.79. The molecule has 0 fully saturated rings. The normalized spacial score (nSPS) is 10.4. The van der Waals surface area contributed by atoms with Crippen LogP contribution in [0.4, 0.5) is 8.78 Å². The van der Waals surface area contributed by atoms with Gasteiger partial charge in [-0.3, -0.25) is 0 Å². The highest BCUT2D eigenvalue weighted by molar-refractivity contribution is 6.32. The predicted molar refractivity (Wildman–Crippen MR) is 65.8 cm³/mol. The maximum Gasteiger partial charge on any atom is 0.162 e. The summed E-state index contributed by atoms with van der Waals surface area (Å²) in [6, 6.07) is 8.39. The second kappa shape index (κ2) is 5.33. The van der Waals surface area contributed by atoms with Crippen LogP contribution in [0.3, 0.4) is 0 Å². The Labute approximate surface area is 108 Å². The van der Waals surface area contributed by atoms with E-state index < -0.39 is 11.6 Å². The first-order valence-corrected chi connectivity index (χ1v) is 5.60. The van der Waals surface area contributed by atoms with Crippen LogP contribution >= 0.6 is 11.6 Å². The summed E-state index contributed by atoms with van der Waals surface area (Å²) >= 11 is 5.98. The number of ether oxygens (including phenoxy) is 1. The van der Waals surface area contributed by atoms with Gasteiger partial charge in [-0.1, -0.05) is 23.7 Å². The van der Waals surface area contributed by atoms with Gasteiger partial charge in [0.15, 0.2) is 11.6 Å². The van der Waals surface area contributed by atoms with E-state index in [-0.39, 0.29) is 12.3 Å². The highest BCUT2D eigenvalue weighted by Crippen LogP contribution is 2.33. The molecule has 0 bridgehead atoms. The lowest BCUT2D eigenvalue weighted by Crippen LogP contribution is -2.00. The van der Waals surface area contributed by atoms with Crippen molar-refractivity contribution in [2.24, 2.45) is 5.73 Å². The summed E-state index contributed by atoms with van der Waals surface area (Å²) in [7, 11) is 0. The monoisotopic (exact) mass is 269 g/mol. The van der Waals surface area contributed by atoms with Crippen LogP contribution in [0.2, 0.25) is 5.02 Å². The topological polar surface area (TPSA) is 35.2 Å². The van der Waals surface area contributed by atoms with Gasteiger partial charge in [-0.2, -0.15) is 0 Å². The maximum atomic E-state index is 13.1. The van der Waals surface area contributed by atoms with Gasteiger partial charge in [-0.25, -0.2) is 8.78 Å². The second-order valence-electron chi connectivity index (χ2n) is 3.61. The van der Waals surface area contributed by atoms with Gasteiger partial charge in [0.2, 0.25) is 0 Å². The molecular weight excluding hydrogens is 260 g/mol. The molecule has 0 spiro atoms. The zero-order valence-corrected chi connectivity index (χ0v) is 10.0. The van der Waals surface area contributed by atoms with Crippen molar-refractivity contribution in [3.8, 4) is 11.5 Å². The highest BCUT2D eigenvalue weighted by atomic mass is 35.5. The van der Waals surface area contributed by atoms with Gasteiger partial charge in [-0.15, -0.1) is 0 Å². The lowest BCUT2D eigenvalue weighted by Gasteiger charge is -2.11. The minimum Gasteiger partial charge on any atom is -0.455 e. The zero-order valence-electron chi connectivity index (χ0n) is 9.29. The van der Waals surface area contributed by atoms with Gasteiger partial charge in [0.05, 0.1) is 5.02 Å². The minimum absolute atomic E-state index is 0.164. The third-order valence-corrected chi connectivity index (χ3v) is 2.68. The summed E-state index contributed by atoms with van der Waals surface area (Å²) in [5.41, 5.74) is 6.24. The highest BCUT2D eigenvalue weighted by Gasteiger charge is 2.10. The molecular formula is C13H10ClF2NO. The summed E-state index contributed by atoms with van der Waals surface area (Å²) in [5.74, 6) is -1.39. The molecule has 2 rings (SSSR count). The Morgan fingerprint density at radius 2 is 1.89 bits per heavy atom. The Morgan fingerprint density at radius 1 is 1.11 bits per heavy atom. The lowest BCUT2D eigenvalue weighted by atomic mass is 10.2. The van der Waals surface area contributed by atoms with Crippen LogP contribution in [0.25, 0.3) is 0 Å². The van der Waals surface area contributed by atoms with E-state index in [0.29, 0.717) is 16.3 Å². The summed E-state index contributed by atoms with van der Waals surface area (Å²) in [4.78, 5) is 0. The fourth-order valence-corrected chi connectivity index (χ4v) is 1.72. The molecule has 0 aliphatic heterocycles. The molecule has 0 unspecified atom stereocenters. The first-order chi connectivity index (χ1) is 8.61. The van der Waals surface area contributed by atoms with Crippen molar-refractivity contribution in [1.29, 1.82) is 0 Å². The first kappa shape index (κ1) is 12.8. The molecule has 2 N–H and O–H groups in total. The molecule has 0 saturated carbocycles. The van der Waals surface area contributed by atoms with Crippen LogP contribution in [0.1, 0.15) is 5.56 Å². The maximum absolute atomic E-state index is 13.1. The molecule has 0 aliphatic carbocycles. The molecule has 0 aromatic heterocycles. The number of halogens is 3. The third kappa shape index (κ3) is 2.60. The SMILES string of the molecule is NCc1cccc(Cl)c1Oc1ccc(F)c(F)c1. The number of para-hydroxylation sites is 1. The van der Waals surface area contributed by atoms with Crippen LogP contribution in [0.5, 0.6) is 11.5 Å². The van der Waals surface area contributed by atoms with Gasteiger partial charge in [0, 0.05) is 18.2 Å². The van der Waals surface area contributed by atoms with Crippen LogP contribution in [0, 0.1) is 11.6 Å². The minimum atomic E-state index is -0.978. The van der Waals surface area contributed by atoms with Gasteiger partial charge < -0.3 is 10.5 Å². The molecule has 2 nitrogen and oxygen atoms in total. The van der Waals surface area contributed by atoms with Crippen molar-refractivity contribution in [2.75, 3.05) is 0 Å². The zero-order chi connectivity index (χ0) is 13.1. The van der Waals surface area contributed by atoms with Crippen molar-refractivity contribution in [2.45, 2.75) is 6.54 Å². The van der Waals surface area contributed by atoms with Crippen LogP contribution < -0.4 is 10.5 Å². The average molecular weight is 270 g/mol. The second-order valence-corrected chi connectivity index (χ2v) is 4.02. The van der Waals surface area contributed by atoms with E-state index in [1.807, 2.05) is 0 Å². The van der Waals surface area contributed by atoms with E-state index in [0.717, 1.165) is 12.1 Å². The number of benzene rings is 2. The molecule has 94 valence electrons. The quantitative estimate of drug-likeness (QED) is 0.918. The van der Waals surface area contributed by atoms with Crippen LogP contribution in [0.15, 0.2) is 36.4 Å². The van der Waals surface area contributed by atoms with Crippen LogP contribution in [-0.4, -0.2) is 0 Å².